The summed E-state index contributed by atoms with van der Waals surface area (Å²) in [6.07, 6.45) is 49.2. The van der Waals surface area contributed by atoms with Crippen molar-refractivity contribution >= 4 is 19.8 Å². The topological polar surface area (TPSA) is 119 Å². The Bertz CT molecular complexity index is 1070. The van der Waals surface area contributed by atoms with Crippen LogP contribution in [0.4, 0.5) is 0 Å². The molecule has 0 aromatic carbocycles. The third-order valence-electron chi connectivity index (χ3n) is 8.21. The Kier molecular flexibility index (Phi) is 36.4. The molecule has 0 aromatic rings. The summed E-state index contributed by atoms with van der Waals surface area (Å²) in [6.45, 7) is 3.57. The summed E-state index contributed by atoms with van der Waals surface area (Å²) >= 11 is 0. The van der Waals surface area contributed by atoms with E-state index in [0.717, 1.165) is 64.2 Å². The van der Waals surface area contributed by atoms with Crippen molar-refractivity contribution in [2.45, 2.75) is 174 Å². The van der Waals surface area contributed by atoms with E-state index in [1.165, 1.54) is 64.2 Å². The molecule has 0 aliphatic heterocycles. The summed E-state index contributed by atoms with van der Waals surface area (Å²) in [5.41, 5.74) is 0. The van der Waals surface area contributed by atoms with Gasteiger partial charge in [-0.2, -0.15) is 0 Å². The van der Waals surface area contributed by atoms with Crippen LogP contribution in [0, 0.1) is 0 Å². The Morgan fingerprint density at radius 2 is 0.904 bits per heavy atom. The van der Waals surface area contributed by atoms with Gasteiger partial charge >= 0.3 is 19.8 Å². The summed E-state index contributed by atoms with van der Waals surface area (Å²) in [4.78, 5) is 42.7. The predicted molar refractivity (Wildman–Crippen MR) is 216 cm³/mol. The minimum atomic E-state index is -4.77. The van der Waals surface area contributed by atoms with Crippen LogP contribution in [0.25, 0.3) is 0 Å². The molecule has 0 saturated carbocycles. The summed E-state index contributed by atoms with van der Waals surface area (Å²) < 4.78 is 26.2. The van der Waals surface area contributed by atoms with E-state index < -0.39 is 32.5 Å². The highest BCUT2D eigenvalue weighted by atomic mass is 31.2. The molecule has 1 unspecified atom stereocenters. The first-order valence-corrected chi connectivity index (χ1v) is 21.8. The molecule has 0 heterocycles. The van der Waals surface area contributed by atoms with E-state index in [-0.39, 0.29) is 19.4 Å². The smallest absolute Gasteiger partial charge is 0.462 e. The van der Waals surface area contributed by atoms with E-state index in [9.17, 15) is 14.2 Å². The largest absolute Gasteiger partial charge is 0.469 e. The zero-order chi connectivity index (χ0) is 38.2. The summed E-state index contributed by atoms with van der Waals surface area (Å²) in [5, 5.41) is 0. The van der Waals surface area contributed by atoms with Gasteiger partial charge in [0.2, 0.25) is 0 Å². The maximum Gasteiger partial charge on any atom is 0.469 e. The molecular weight excluding hydrogens is 675 g/mol. The van der Waals surface area contributed by atoms with Gasteiger partial charge in [-0.1, -0.05) is 151 Å². The van der Waals surface area contributed by atoms with Gasteiger partial charge in [0.1, 0.15) is 6.61 Å². The van der Waals surface area contributed by atoms with Crippen LogP contribution in [0.1, 0.15) is 168 Å². The lowest BCUT2D eigenvalue weighted by molar-refractivity contribution is -0.161. The van der Waals surface area contributed by atoms with E-state index >= 15 is 0 Å². The standard InChI is InChI=1S/C43H73O8P/c1-3-5-7-9-11-13-15-17-18-19-20-21-22-23-24-26-27-29-31-33-35-37-42(44)49-39-41(40-50-52(46,47)48)51-43(45)38-36-34-32-30-28-25-16-14-12-10-8-6-4-2/h11,13,17-18,20-21,23-25,28,32,34,41H,3-10,12,14-16,19,22,26-27,29-31,33,35-40H2,1-2H3,(H2,46,47,48)/b13-11+,18-17+,21-20+,24-23+,28-25+,34-32+. The number of ether oxygens (including phenoxy) is 2. The number of esters is 2. The van der Waals surface area contributed by atoms with Crippen molar-refractivity contribution in [2.75, 3.05) is 13.2 Å². The number of unbranched alkanes of at least 4 members (excludes halogenated alkanes) is 14. The Morgan fingerprint density at radius 3 is 1.40 bits per heavy atom. The molecule has 0 aliphatic rings. The second-order valence-corrected chi connectivity index (χ2v) is 14.5. The monoisotopic (exact) mass is 749 g/mol. The molecule has 2 N–H and O–H groups in total. The molecular formula is C43H73O8P. The van der Waals surface area contributed by atoms with E-state index in [1.54, 1.807) is 0 Å². The maximum absolute atomic E-state index is 12.3. The zero-order valence-corrected chi connectivity index (χ0v) is 33.6. The fourth-order valence-electron chi connectivity index (χ4n) is 5.17. The number of phosphoric acid groups is 1. The van der Waals surface area contributed by atoms with E-state index in [4.69, 9.17) is 19.3 Å². The van der Waals surface area contributed by atoms with Crippen LogP contribution in [0.15, 0.2) is 72.9 Å². The highest BCUT2D eigenvalue weighted by molar-refractivity contribution is 7.46. The third-order valence-corrected chi connectivity index (χ3v) is 8.70. The zero-order valence-electron chi connectivity index (χ0n) is 32.7. The van der Waals surface area contributed by atoms with Crippen molar-refractivity contribution in [3.63, 3.8) is 0 Å². The number of allylic oxidation sites excluding steroid dienone is 12. The molecule has 0 radical (unpaired) electrons. The van der Waals surface area contributed by atoms with Gasteiger partial charge in [-0.15, -0.1) is 0 Å². The number of hydrogen-bond donors (Lipinski definition) is 2. The molecule has 0 aliphatic carbocycles. The average molecular weight is 749 g/mol. The van der Waals surface area contributed by atoms with Crippen LogP contribution in [0.2, 0.25) is 0 Å². The summed E-state index contributed by atoms with van der Waals surface area (Å²) in [6, 6.07) is 0. The number of carbonyl (C=O) groups is 2. The van der Waals surface area contributed by atoms with Crippen molar-refractivity contribution in [3.8, 4) is 0 Å². The molecule has 9 heteroatoms. The van der Waals surface area contributed by atoms with Gasteiger partial charge in [0.05, 0.1) is 6.61 Å². The maximum atomic E-state index is 12.3. The Labute approximate surface area is 317 Å². The Morgan fingerprint density at radius 1 is 0.500 bits per heavy atom. The highest BCUT2D eigenvalue weighted by Crippen LogP contribution is 2.36. The molecule has 1 atom stereocenters. The van der Waals surface area contributed by atoms with Crippen LogP contribution < -0.4 is 0 Å². The van der Waals surface area contributed by atoms with Crippen molar-refractivity contribution in [1.82, 2.24) is 0 Å². The predicted octanol–water partition coefficient (Wildman–Crippen LogP) is 12.3. The first kappa shape index (κ1) is 49.5. The van der Waals surface area contributed by atoms with Crippen molar-refractivity contribution in [3.05, 3.63) is 72.9 Å². The normalized spacial score (nSPS) is 13.2. The number of hydrogen-bond acceptors (Lipinski definition) is 6. The molecule has 8 nitrogen and oxygen atoms in total. The van der Waals surface area contributed by atoms with Gasteiger partial charge in [0.15, 0.2) is 6.10 Å². The molecule has 0 fully saturated rings. The number of rotatable bonds is 36. The first-order chi connectivity index (χ1) is 25.3. The lowest BCUT2D eigenvalue weighted by atomic mass is 10.1. The molecule has 52 heavy (non-hydrogen) atoms. The van der Waals surface area contributed by atoms with Gasteiger partial charge in [-0.25, -0.2) is 4.57 Å². The van der Waals surface area contributed by atoms with E-state index in [0.29, 0.717) is 12.8 Å². The van der Waals surface area contributed by atoms with Crippen LogP contribution in [0.5, 0.6) is 0 Å². The minimum absolute atomic E-state index is 0.0980. The van der Waals surface area contributed by atoms with Crippen LogP contribution >= 0.6 is 7.82 Å². The van der Waals surface area contributed by atoms with E-state index in [1.807, 2.05) is 12.2 Å². The fourth-order valence-corrected chi connectivity index (χ4v) is 5.53. The van der Waals surface area contributed by atoms with Crippen LogP contribution in [-0.4, -0.2) is 41.0 Å². The van der Waals surface area contributed by atoms with E-state index in [2.05, 4.69) is 79.1 Å². The SMILES string of the molecule is CCCCC/C=C/C/C=C/C/C=C/C/C=C/CCCCCCCC(=O)OCC(COP(=O)(O)O)OC(=O)CC/C=C/C/C=C/CCCCCCCC. The van der Waals surface area contributed by atoms with Crippen LogP contribution in [-0.2, 0) is 28.2 Å². The second kappa shape index (κ2) is 38.2. The van der Waals surface area contributed by atoms with Gasteiger partial charge in [-0.3, -0.25) is 14.1 Å². The molecule has 0 rings (SSSR count). The Hall–Kier alpha value is -2.51. The van der Waals surface area contributed by atoms with Gasteiger partial charge in [0, 0.05) is 12.8 Å². The van der Waals surface area contributed by atoms with Crippen LogP contribution in [0.3, 0.4) is 0 Å². The lowest BCUT2D eigenvalue weighted by Gasteiger charge is -2.18. The lowest BCUT2D eigenvalue weighted by Crippen LogP contribution is -2.29. The van der Waals surface area contributed by atoms with Crippen molar-refractivity contribution in [1.29, 1.82) is 0 Å². The quantitative estimate of drug-likeness (QED) is 0.0281. The minimum Gasteiger partial charge on any atom is -0.462 e. The first-order valence-electron chi connectivity index (χ1n) is 20.2. The molecule has 0 aromatic heterocycles. The second-order valence-electron chi connectivity index (χ2n) is 13.2. The average Bonchev–Trinajstić information content (AvgIpc) is 3.11. The van der Waals surface area contributed by atoms with Gasteiger partial charge < -0.3 is 19.3 Å². The number of carbonyl (C=O) groups excluding carboxylic acids is 2. The van der Waals surface area contributed by atoms with Gasteiger partial charge in [0.25, 0.3) is 0 Å². The molecule has 0 bridgehead atoms. The Balaban J connectivity index is 4.04. The third kappa shape index (κ3) is 40.3. The molecule has 298 valence electrons. The molecule has 0 amide bonds. The fraction of sp³-hybridized carbons (Fsp3) is 0.674. The molecule has 0 spiro atoms. The molecule has 0 saturated heterocycles. The number of phosphoric ester groups is 1. The van der Waals surface area contributed by atoms with Crippen molar-refractivity contribution in [2.24, 2.45) is 0 Å². The van der Waals surface area contributed by atoms with Gasteiger partial charge in [-0.05, 0) is 77.0 Å². The highest BCUT2D eigenvalue weighted by Gasteiger charge is 2.22. The summed E-state index contributed by atoms with van der Waals surface area (Å²) in [7, 11) is -4.77. The summed E-state index contributed by atoms with van der Waals surface area (Å²) in [5.74, 6) is -0.990. The van der Waals surface area contributed by atoms with Crippen molar-refractivity contribution < 1.29 is 37.9 Å².